The summed E-state index contributed by atoms with van der Waals surface area (Å²) < 4.78 is 5.45. The minimum absolute atomic E-state index is 0.00526. The first kappa shape index (κ1) is 15.6. The SMILES string of the molecule is Cc1nc2cc(CCNC(=O)Cc3ccc(Cl)cc3)ccc2o1. The van der Waals surface area contributed by atoms with E-state index < -0.39 is 0 Å². The van der Waals surface area contributed by atoms with Crippen molar-refractivity contribution >= 4 is 28.6 Å². The summed E-state index contributed by atoms with van der Waals surface area (Å²) in [6.45, 7) is 2.42. The minimum atomic E-state index is 0.00526. The molecule has 1 heterocycles. The Morgan fingerprint density at radius 3 is 2.70 bits per heavy atom. The highest BCUT2D eigenvalue weighted by atomic mass is 35.5. The Bertz CT molecular complexity index is 825. The minimum Gasteiger partial charge on any atom is -0.441 e. The molecule has 1 amide bonds. The lowest BCUT2D eigenvalue weighted by Crippen LogP contribution is -2.27. The molecule has 0 fully saturated rings. The Kier molecular flexibility index (Phi) is 4.63. The van der Waals surface area contributed by atoms with Gasteiger partial charge in [0.05, 0.1) is 6.42 Å². The summed E-state index contributed by atoms with van der Waals surface area (Å²) in [7, 11) is 0. The number of carbonyl (C=O) groups excluding carboxylic acids is 1. The van der Waals surface area contributed by atoms with Gasteiger partial charge in [0, 0.05) is 18.5 Å². The second-order valence-corrected chi connectivity index (χ2v) is 5.87. The molecule has 23 heavy (non-hydrogen) atoms. The molecule has 0 aliphatic heterocycles. The maximum Gasteiger partial charge on any atom is 0.224 e. The molecule has 0 spiro atoms. The van der Waals surface area contributed by atoms with Crippen molar-refractivity contribution in [1.29, 1.82) is 0 Å². The summed E-state index contributed by atoms with van der Waals surface area (Å²) in [5.74, 6) is 0.666. The fourth-order valence-electron chi connectivity index (χ4n) is 2.44. The number of amides is 1. The van der Waals surface area contributed by atoms with E-state index >= 15 is 0 Å². The number of halogens is 1. The zero-order valence-corrected chi connectivity index (χ0v) is 13.6. The van der Waals surface area contributed by atoms with Gasteiger partial charge < -0.3 is 9.73 Å². The lowest BCUT2D eigenvalue weighted by molar-refractivity contribution is -0.120. The molecule has 0 atom stereocenters. The van der Waals surface area contributed by atoms with E-state index in [1.807, 2.05) is 37.3 Å². The van der Waals surface area contributed by atoms with Crippen LogP contribution < -0.4 is 5.32 Å². The number of nitrogens with one attached hydrogen (secondary N) is 1. The highest BCUT2D eigenvalue weighted by molar-refractivity contribution is 6.30. The van der Waals surface area contributed by atoms with Crippen LogP contribution in [-0.4, -0.2) is 17.4 Å². The van der Waals surface area contributed by atoms with Gasteiger partial charge in [0.2, 0.25) is 5.91 Å². The van der Waals surface area contributed by atoms with Crippen LogP contribution >= 0.6 is 11.6 Å². The maximum atomic E-state index is 11.9. The third-order valence-corrected chi connectivity index (χ3v) is 3.82. The highest BCUT2D eigenvalue weighted by Crippen LogP contribution is 2.17. The van der Waals surface area contributed by atoms with Crippen molar-refractivity contribution in [2.45, 2.75) is 19.8 Å². The van der Waals surface area contributed by atoms with E-state index in [0.29, 0.717) is 23.9 Å². The van der Waals surface area contributed by atoms with Crippen molar-refractivity contribution in [2.75, 3.05) is 6.54 Å². The number of aryl methyl sites for hydroxylation is 1. The number of rotatable bonds is 5. The zero-order chi connectivity index (χ0) is 16.2. The van der Waals surface area contributed by atoms with Crippen LogP contribution in [0.4, 0.5) is 0 Å². The van der Waals surface area contributed by atoms with Crippen LogP contribution in [0.15, 0.2) is 46.9 Å². The number of carbonyl (C=O) groups is 1. The number of fused-ring (bicyclic) bond motifs is 1. The van der Waals surface area contributed by atoms with E-state index in [2.05, 4.69) is 10.3 Å². The number of benzene rings is 2. The van der Waals surface area contributed by atoms with E-state index in [-0.39, 0.29) is 5.91 Å². The molecule has 0 bridgehead atoms. The lowest BCUT2D eigenvalue weighted by Gasteiger charge is -2.06. The summed E-state index contributed by atoms with van der Waals surface area (Å²) in [5.41, 5.74) is 3.72. The number of hydrogen-bond donors (Lipinski definition) is 1. The average molecular weight is 329 g/mol. The molecule has 0 unspecified atom stereocenters. The summed E-state index contributed by atoms with van der Waals surface area (Å²) in [5, 5.41) is 3.61. The monoisotopic (exact) mass is 328 g/mol. The predicted molar refractivity (Wildman–Crippen MR) is 90.6 cm³/mol. The molecule has 5 heteroatoms. The second-order valence-electron chi connectivity index (χ2n) is 5.44. The van der Waals surface area contributed by atoms with Crippen molar-refractivity contribution < 1.29 is 9.21 Å². The van der Waals surface area contributed by atoms with Crippen LogP contribution in [0.3, 0.4) is 0 Å². The molecule has 0 saturated carbocycles. The number of oxazole rings is 1. The molecule has 1 aromatic heterocycles. The van der Waals surface area contributed by atoms with Crippen LogP contribution in [0, 0.1) is 6.92 Å². The first-order chi connectivity index (χ1) is 11.1. The molecule has 3 aromatic rings. The first-order valence-corrected chi connectivity index (χ1v) is 7.85. The van der Waals surface area contributed by atoms with Gasteiger partial charge in [0.1, 0.15) is 5.52 Å². The molecule has 118 valence electrons. The number of aromatic nitrogens is 1. The summed E-state index contributed by atoms with van der Waals surface area (Å²) in [4.78, 5) is 16.2. The van der Waals surface area contributed by atoms with E-state index in [1.54, 1.807) is 12.1 Å². The Morgan fingerprint density at radius 1 is 1.17 bits per heavy atom. The number of nitrogens with zero attached hydrogens (tertiary/aromatic N) is 1. The Hall–Kier alpha value is -2.33. The molecular formula is C18H17ClN2O2. The van der Waals surface area contributed by atoms with Gasteiger partial charge >= 0.3 is 0 Å². The van der Waals surface area contributed by atoms with Crippen LogP contribution in [0.25, 0.3) is 11.1 Å². The van der Waals surface area contributed by atoms with Gasteiger partial charge in [0.15, 0.2) is 11.5 Å². The predicted octanol–water partition coefficient (Wildman–Crippen LogP) is 3.69. The van der Waals surface area contributed by atoms with Gasteiger partial charge in [-0.05, 0) is 41.8 Å². The highest BCUT2D eigenvalue weighted by Gasteiger charge is 2.05. The third-order valence-electron chi connectivity index (χ3n) is 3.57. The van der Waals surface area contributed by atoms with Gasteiger partial charge in [0.25, 0.3) is 0 Å². The molecule has 0 aliphatic rings. The zero-order valence-electron chi connectivity index (χ0n) is 12.8. The largest absolute Gasteiger partial charge is 0.441 e. The van der Waals surface area contributed by atoms with Crippen molar-refractivity contribution in [3.05, 3.63) is 64.5 Å². The van der Waals surface area contributed by atoms with Crippen molar-refractivity contribution in [3.8, 4) is 0 Å². The van der Waals surface area contributed by atoms with Gasteiger partial charge in [-0.25, -0.2) is 4.98 Å². The van der Waals surface area contributed by atoms with Crippen molar-refractivity contribution in [3.63, 3.8) is 0 Å². The van der Waals surface area contributed by atoms with E-state index in [9.17, 15) is 4.79 Å². The topological polar surface area (TPSA) is 55.1 Å². The van der Waals surface area contributed by atoms with E-state index in [0.717, 1.165) is 28.6 Å². The average Bonchev–Trinajstić information content (AvgIpc) is 2.89. The molecule has 2 aromatic carbocycles. The lowest BCUT2D eigenvalue weighted by atomic mass is 10.1. The van der Waals surface area contributed by atoms with Crippen molar-refractivity contribution in [2.24, 2.45) is 0 Å². The van der Waals surface area contributed by atoms with Gasteiger partial charge in [-0.1, -0.05) is 29.8 Å². The van der Waals surface area contributed by atoms with Gasteiger partial charge in [-0.3, -0.25) is 4.79 Å². The van der Waals surface area contributed by atoms with Crippen LogP contribution in [0.1, 0.15) is 17.0 Å². The standard InChI is InChI=1S/C18H17ClN2O2/c1-12-21-16-10-14(4-7-17(16)23-12)8-9-20-18(22)11-13-2-5-15(19)6-3-13/h2-7,10H,8-9,11H2,1H3,(H,20,22). The van der Waals surface area contributed by atoms with Crippen LogP contribution in [0.2, 0.25) is 5.02 Å². The smallest absolute Gasteiger partial charge is 0.224 e. The molecule has 4 nitrogen and oxygen atoms in total. The Balaban J connectivity index is 1.51. The van der Waals surface area contributed by atoms with Crippen LogP contribution in [-0.2, 0) is 17.6 Å². The Morgan fingerprint density at radius 2 is 1.91 bits per heavy atom. The second kappa shape index (κ2) is 6.84. The summed E-state index contributed by atoms with van der Waals surface area (Å²) in [6.07, 6.45) is 1.12. The van der Waals surface area contributed by atoms with E-state index in [4.69, 9.17) is 16.0 Å². The van der Waals surface area contributed by atoms with Gasteiger partial charge in [-0.15, -0.1) is 0 Å². The van der Waals surface area contributed by atoms with Crippen molar-refractivity contribution in [1.82, 2.24) is 10.3 Å². The fraction of sp³-hybridized carbons (Fsp3) is 0.222. The quantitative estimate of drug-likeness (QED) is 0.777. The molecule has 0 radical (unpaired) electrons. The van der Waals surface area contributed by atoms with E-state index in [1.165, 1.54) is 0 Å². The third kappa shape index (κ3) is 4.11. The molecule has 0 saturated heterocycles. The number of hydrogen-bond acceptors (Lipinski definition) is 3. The summed E-state index contributed by atoms with van der Waals surface area (Å²) >= 11 is 5.83. The summed E-state index contributed by atoms with van der Waals surface area (Å²) in [6, 6.07) is 13.2. The molecule has 3 rings (SSSR count). The molecule has 0 aliphatic carbocycles. The Labute approximate surface area is 139 Å². The molecule has 1 N–H and O–H groups in total. The first-order valence-electron chi connectivity index (χ1n) is 7.47. The molecular weight excluding hydrogens is 312 g/mol. The van der Waals surface area contributed by atoms with Gasteiger partial charge in [-0.2, -0.15) is 0 Å². The normalized spacial score (nSPS) is 10.9. The maximum absolute atomic E-state index is 11.9. The fourth-order valence-corrected chi connectivity index (χ4v) is 2.57. The van der Waals surface area contributed by atoms with Crippen LogP contribution in [0.5, 0.6) is 0 Å².